The van der Waals surface area contributed by atoms with E-state index in [0.717, 1.165) is 11.3 Å². The molecule has 0 radical (unpaired) electrons. The average molecular weight is 331 g/mol. The lowest BCUT2D eigenvalue weighted by atomic mass is 9.93. The van der Waals surface area contributed by atoms with E-state index < -0.39 is 6.10 Å². The summed E-state index contributed by atoms with van der Waals surface area (Å²) in [6.45, 7) is 5.91. The molecule has 0 aliphatic rings. The van der Waals surface area contributed by atoms with E-state index in [-0.39, 0.29) is 11.9 Å². The van der Waals surface area contributed by atoms with E-state index in [1.165, 1.54) is 0 Å². The molecule has 0 spiro atoms. The Balaban J connectivity index is 1.98. The molecule has 0 aliphatic carbocycles. The predicted octanol–water partition coefficient (Wildman–Crippen LogP) is 3.22. The van der Waals surface area contributed by atoms with Crippen molar-refractivity contribution in [2.45, 2.75) is 45.6 Å². The number of aryl methyl sites for hydroxylation is 2. The van der Waals surface area contributed by atoms with Gasteiger partial charge in [0.05, 0.1) is 6.10 Å². The van der Waals surface area contributed by atoms with Crippen LogP contribution in [0.15, 0.2) is 34.9 Å². The van der Waals surface area contributed by atoms with Crippen LogP contribution in [0.3, 0.4) is 0 Å². The van der Waals surface area contributed by atoms with Crippen molar-refractivity contribution in [3.05, 3.63) is 47.3 Å². The molecule has 0 saturated carbocycles. The Hall–Kier alpha value is -2.34. The van der Waals surface area contributed by atoms with Gasteiger partial charge in [-0.3, -0.25) is 0 Å². The molecule has 2 unspecified atom stereocenters. The molecule has 2 aromatic rings. The summed E-state index contributed by atoms with van der Waals surface area (Å²) < 4.78 is 5.11. The van der Waals surface area contributed by atoms with Gasteiger partial charge < -0.3 is 20.3 Å². The minimum absolute atomic E-state index is 0.0474. The summed E-state index contributed by atoms with van der Waals surface area (Å²) in [6, 6.07) is 9.57. The van der Waals surface area contributed by atoms with Gasteiger partial charge >= 0.3 is 6.03 Å². The number of rotatable bonds is 7. The lowest BCUT2D eigenvalue weighted by Gasteiger charge is -2.19. The lowest BCUT2D eigenvalue weighted by molar-refractivity contribution is 0.173. The number of carbonyl (C=O) groups is 1. The molecule has 2 amide bonds. The largest absolute Gasteiger partial charge is 0.393 e. The van der Waals surface area contributed by atoms with Gasteiger partial charge in [-0.25, -0.2) is 4.79 Å². The minimum atomic E-state index is -0.438. The van der Waals surface area contributed by atoms with Crippen LogP contribution in [0.25, 0.3) is 0 Å². The van der Waals surface area contributed by atoms with Crippen LogP contribution >= 0.6 is 0 Å². The number of hydrogen-bond donors (Lipinski definition) is 3. The summed E-state index contributed by atoms with van der Waals surface area (Å²) in [5.74, 6) is 0.636. The molecule has 0 aliphatic heterocycles. The maximum absolute atomic E-state index is 12.2. The van der Waals surface area contributed by atoms with Crippen molar-refractivity contribution in [3.63, 3.8) is 0 Å². The van der Waals surface area contributed by atoms with Crippen molar-refractivity contribution in [2.24, 2.45) is 0 Å². The Morgan fingerprint density at radius 2 is 2.04 bits per heavy atom. The number of aromatic nitrogens is 1. The zero-order valence-corrected chi connectivity index (χ0v) is 14.4. The summed E-state index contributed by atoms with van der Waals surface area (Å²) in [4.78, 5) is 12.2. The summed E-state index contributed by atoms with van der Waals surface area (Å²) >= 11 is 0. The van der Waals surface area contributed by atoms with Crippen LogP contribution in [0, 0.1) is 6.92 Å². The number of nitrogens with zero attached hydrogens (tertiary/aromatic N) is 1. The topological polar surface area (TPSA) is 87.4 Å². The molecule has 6 nitrogen and oxygen atoms in total. The normalized spacial score (nSPS) is 13.3. The number of carbonyl (C=O) groups excluding carboxylic acids is 1. The van der Waals surface area contributed by atoms with Gasteiger partial charge in [-0.1, -0.05) is 42.4 Å². The predicted molar refractivity (Wildman–Crippen MR) is 93.1 cm³/mol. The highest BCUT2D eigenvalue weighted by Gasteiger charge is 2.17. The smallest absolute Gasteiger partial charge is 0.319 e. The number of anilines is 1. The van der Waals surface area contributed by atoms with Crippen molar-refractivity contribution in [3.8, 4) is 0 Å². The third-order valence-corrected chi connectivity index (χ3v) is 3.91. The van der Waals surface area contributed by atoms with E-state index in [2.05, 4.69) is 15.8 Å². The fourth-order valence-electron chi connectivity index (χ4n) is 2.67. The summed E-state index contributed by atoms with van der Waals surface area (Å²) in [5, 5.41) is 19.3. The number of aliphatic hydroxyl groups is 1. The monoisotopic (exact) mass is 331 g/mol. The molecular weight excluding hydrogens is 306 g/mol. The third kappa shape index (κ3) is 4.83. The number of urea groups is 1. The number of aliphatic hydroxyl groups excluding tert-OH is 1. The number of hydrogen-bond acceptors (Lipinski definition) is 4. The first-order valence-corrected chi connectivity index (χ1v) is 8.24. The number of amides is 2. The van der Waals surface area contributed by atoms with E-state index in [9.17, 15) is 9.90 Å². The van der Waals surface area contributed by atoms with Crippen molar-refractivity contribution in [2.75, 3.05) is 11.9 Å². The molecule has 24 heavy (non-hydrogen) atoms. The molecule has 130 valence electrons. The lowest BCUT2D eigenvalue weighted by Crippen LogP contribution is -2.33. The van der Waals surface area contributed by atoms with Crippen LogP contribution in [-0.4, -0.2) is 28.9 Å². The fraction of sp³-hybridized carbons (Fsp3) is 0.444. The van der Waals surface area contributed by atoms with Gasteiger partial charge in [0.15, 0.2) is 5.76 Å². The minimum Gasteiger partial charge on any atom is -0.393 e. The second-order valence-corrected chi connectivity index (χ2v) is 5.94. The molecule has 1 aromatic carbocycles. The standard InChI is InChI=1S/C18H25N3O3/c1-4-16-17(13(3)24-21-16)20-18(23)19-11-15(10-12(2)22)14-8-6-5-7-9-14/h5-9,12,15,22H,4,10-11H2,1-3H3,(H2,19,20,23). The van der Waals surface area contributed by atoms with Crippen LogP contribution < -0.4 is 10.6 Å². The Kier molecular flexibility index (Phi) is 6.37. The number of nitrogens with one attached hydrogen (secondary N) is 2. The maximum Gasteiger partial charge on any atom is 0.319 e. The van der Waals surface area contributed by atoms with Crippen LogP contribution in [0.5, 0.6) is 0 Å². The van der Waals surface area contributed by atoms with E-state index in [1.54, 1.807) is 13.8 Å². The van der Waals surface area contributed by atoms with E-state index >= 15 is 0 Å². The molecule has 2 rings (SSSR count). The number of benzene rings is 1. The van der Waals surface area contributed by atoms with Gasteiger partial charge in [0.2, 0.25) is 0 Å². The fourth-order valence-corrected chi connectivity index (χ4v) is 2.67. The SMILES string of the molecule is CCc1noc(C)c1NC(=O)NCC(CC(C)O)c1ccccc1. The van der Waals surface area contributed by atoms with Gasteiger partial charge in [-0.2, -0.15) is 0 Å². The van der Waals surface area contributed by atoms with Crippen LogP contribution in [-0.2, 0) is 6.42 Å². The zero-order valence-electron chi connectivity index (χ0n) is 14.4. The molecule has 1 aromatic heterocycles. The first-order chi connectivity index (χ1) is 11.5. The first-order valence-electron chi connectivity index (χ1n) is 8.24. The third-order valence-electron chi connectivity index (χ3n) is 3.91. The molecule has 0 fully saturated rings. The molecule has 3 N–H and O–H groups in total. The zero-order chi connectivity index (χ0) is 17.5. The van der Waals surface area contributed by atoms with Crippen molar-refractivity contribution in [1.82, 2.24) is 10.5 Å². The second-order valence-electron chi connectivity index (χ2n) is 5.94. The quantitative estimate of drug-likeness (QED) is 0.727. The highest BCUT2D eigenvalue weighted by atomic mass is 16.5. The van der Waals surface area contributed by atoms with Gasteiger partial charge in [-0.15, -0.1) is 0 Å². The van der Waals surface area contributed by atoms with Crippen LogP contribution in [0.4, 0.5) is 10.5 Å². The van der Waals surface area contributed by atoms with Gasteiger partial charge in [-0.05, 0) is 32.3 Å². The van der Waals surface area contributed by atoms with Crippen molar-refractivity contribution in [1.29, 1.82) is 0 Å². The van der Waals surface area contributed by atoms with Crippen LogP contribution in [0.2, 0.25) is 0 Å². The van der Waals surface area contributed by atoms with Gasteiger partial charge in [0.1, 0.15) is 11.4 Å². The Bertz CT molecular complexity index is 653. The van der Waals surface area contributed by atoms with Gasteiger partial charge in [0, 0.05) is 12.5 Å². The van der Waals surface area contributed by atoms with E-state index in [0.29, 0.717) is 30.8 Å². The Morgan fingerprint density at radius 1 is 1.33 bits per heavy atom. The molecule has 2 atom stereocenters. The van der Waals surface area contributed by atoms with Crippen molar-refractivity contribution >= 4 is 11.7 Å². The Morgan fingerprint density at radius 3 is 2.67 bits per heavy atom. The van der Waals surface area contributed by atoms with E-state index in [1.807, 2.05) is 37.3 Å². The average Bonchev–Trinajstić information content (AvgIpc) is 2.92. The second kappa shape index (κ2) is 8.49. The van der Waals surface area contributed by atoms with Crippen LogP contribution in [0.1, 0.15) is 43.2 Å². The van der Waals surface area contributed by atoms with E-state index in [4.69, 9.17) is 4.52 Å². The first kappa shape index (κ1) is 18.0. The van der Waals surface area contributed by atoms with Gasteiger partial charge in [0.25, 0.3) is 0 Å². The maximum atomic E-state index is 12.2. The highest BCUT2D eigenvalue weighted by molar-refractivity contribution is 5.90. The Labute approximate surface area is 142 Å². The van der Waals surface area contributed by atoms with Crippen molar-refractivity contribution < 1.29 is 14.4 Å². The summed E-state index contributed by atoms with van der Waals surface area (Å²) in [7, 11) is 0. The molecular formula is C18H25N3O3. The molecule has 1 heterocycles. The highest BCUT2D eigenvalue weighted by Crippen LogP contribution is 2.22. The summed E-state index contributed by atoms with van der Waals surface area (Å²) in [5.41, 5.74) is 2.45. The molecule has 6 heteroatoms. The molecule has 0 saturated heterocycles. The summed E-state index contributed by atoms with van der Waals surface area (Å²) in [6.07, 6.45) is 0.824. The molecule has 0 bridgehead atoms.